The van der Waals surface area contributed by atoms with Gasteiger partial charge in [0, 0.05) is 13.1 Å². The molecule has 2 aromatic rings. The topological polar surface area (TPSA) is 81.2 Å². The fourth-order valence-corrected chi connectivity index (χ4v) is 2.46. The van der Waals surface area contributed by atoms with Crippen LogP contribution in [-0.2, 0) is 9.53 Å². The van der Waals surface area contributed by atoms with Crippen molar-refractivity contribution in [1.82, 2.24) is 9.97 Å². The number of hydrogen-bond donors (Lipinski definition) is 1. The van der Waals surface area contributed by atoms with Crippen molar-refractivity contribution >= 4 is 52.4 Å². The number of esters is 1. The first-order valence-corrected chi connectivity index (χ1v) is 7.34. The van der Waals surface area contributed by atoms with E-state index < -0.39 is 5.97 Å². The smallest absolute Gasteiger partial charge is 0.358 e. The molecule has 0 aliphatic heterocycles. The Bertz CT molecular complexity index is 796. The SMILES string of the molecule is COC(=O)c1nc(-c2ncc(Cl)cc2Cl)cc(NC(C)=O)c1Cl. The van der Waals surface area contributed by atoms with Gasteiger partial charge in [0.2, 0.25) is 5.91 Å². The van der Waals surface area contributed by atoms with Crippen LogP contribution >= 0.6 is 34.8 Å². The Morgan fingerprint density at radius 2 is 1.91 bits per heavy atom. The third kappa shape index (κ3) is 3.90. The van der Waals surface area contributed by atoms with Crippen molar-refractivity contribution in [2.45, 2.75) is 6.92 Å². The lowest BCUT2D eigenvalue weighted by molar-refractivity contribution is -0.114. The third-order valence-corrected chi connectivity index (χ3v) is 3.57. The zero-order valence-corrected chi connectivity index (χ0v) is 14.3. The molecule has 0 atom stereocenters. The normalized spacial score (nSPS) is 10.3. The van der Waals surface area contributed by atoms with Gasteiger partial charge in [0.1, 0.15) is 5.69 Å². The van der Waals surface area contributed by atoms with Gasteiger partial charge in [-0.15, -0.1) is 0 Å². The molecule has 2 heterocycles. The number of amides is 1. The summed E-state index contributed by atoms with van der Waals surface area (Å²) in [7, 11) is 1.19. The van der Waals surface area contributed by atoms with Crippen LogP contribution in [0.25, 0.3) is 11.4 Å². The molecule has 0 aliphatic rings. The monoisotopic (exact) mass is 373 g/mol. The predicted octanol–water partition coefficient (Wildman–Crippen LogP) is 3.85. The highest BCUT2D eigenvalue weighted by Crippen LogP contribution is 2.33. The van der Waals surface area contributed by atoms with Crippen molar-refractivity contribution in [2.75, 3.05) is 12.4 Å². The van der Waals surface area contributed by atoms with Gasteiger partial charge in [0.25, 0.3) is 0 Å². The number of halogens is 3. The van der Waals surface area contributed by atoms with Crippen LogP contribution in [0.4, 0.5) is 5.69 Å². The molecule has 1 N–H and O–H groups in total. The Morgan fingerprint density at radius 3 is 2.48 bits per heavy atom. The van der Waals surface area contributed by atoms with Crippen LogP contribution in [-0.4, -0.2) is 29.0 Å². The quantitative estimate of drug-likeness (QED) is 0.825. The van der Waals surface area contributed by atoms with Gasteiger partial charge in [-0.05, 0) is 12.1 Å². The van der Waals surface area contributed by atoms with Crippen LogP contribution in [0.15, 0.2) is 18.3 Å². The zero-order chi connectivity index (χ0) is 17.1. The molecular weight excluding hydrogens is 365 g/mol. The van der Waals surface area contributed by atoms with Crippen molar-refractivity contribution in [3.63, 3.8) is 0 Å². The van der Waals surface area contributed by atoms with Crippen molar-refractivity contribution < 1.29 is 14.3 Å². The molecular formula is C14H10Cl3N3O3. The van der Waals surface area contributed by atoms with E-state index in [9.17, 15) is 9.59 Å². The van der Waals surface area contributed by atoms with E-state index in [-0.39, 0.29) is 38.7 Å². The first kappa shape index (κ1) is 17.5. The number of pyridine rings is 2. The van der Waals surface area contributed by atoms with Crippen molar-refractivity contribution in [3.05, 3.63) is 39.1 Å². The van der Waals surface area contributed by atoms with Crippen LogP contribution in [0.5, 0.6) is 0 Å². The number of ether oxygens (including phenoxy) is 1. The number of carbonyl (C=O) groups excluding carboxylic acids is 2. The number of carbonyl (C=O) groups is 2. The largest absolute Gasteiger partial charge is 0.464 e. The van der Waals surface area contributed by atoms with E-state index in [2.05, 4.69) is 20.0 Å². The van der Waals surface area contributed by atoms with Crippen LogP contribution in [0.3, 0.4) is 0 Å². The molecule has 0 spiro atoms. The van der Waals surface area contributed by atoms with Crippen LogP contribution in [0.2, 0.25) is 15.1 Å². The second-order valence-corrected chi connectivity index (χ2v) is 5.60. The van der Waals surface area contributed by atoms with E-state index in [1.54, 1.807) is 0 Å². The van der Waals surface area contributed by atoms with Gasteiger partial charge in [-0.2, -0.15) is 0 Å². The minimum absolute atomic E-state index is 0.0408. The highest BCUT2D eigenvalue weighted by molar-refractivity contribution is 6.37. The Morgan fingerprint density at radius 1 is 1.22 bits per heavy atom. The predicted molar refractivity (Wildman–Crippen MR) is 88.1 cm³/mol. The van der Waals surface area contributed by atoms with E-state index >= 15 is 0 Å². The van der Waals surface area contributed by atoms with Crippen LogP contribution < -0.4 is 5.32 Å². The van der Waals surface area contributed by atoms with Gasteiger partial charge in [0.05, 0.1) is 33.6 Å². The van der Waals surface area contributed by atoms with Crippen molar-refractivity contribution in [3.8, 4) is 11.4 Å². The zero-order valence-electron chi connectivity index (χ0n) is 12.0. The summed E-state index contributed by atoms with van der Waals surface area (Å²) in [5.41, 5.74) is 0.547. The van der Waals surface area contributed by atoms with Crippen molar-refractivity contribution in [2.24, 2.45) is 0 Å². The Hall–Kier alpha value is -1.89. The van der Waals surface area contributed by atoms with Gasteiger partial charge >= 0.3 is 5.97 Å². The highest BCUT2D eigenvalue weighted by Gasteiger charge is 2.21. The average Bonchev–Trinajstić information content (AvgIpc) is 2.48. The number of nitrogens with one attached hydrogen (secondary N) is 1. The fourth-order valence-electron chi connectivity index (χ4n) is 1.77. The van der Waals surface area contributed by atoms with Gasteiger partial charge in [-0.3, -0.25) is 9.78 Å². The molecule has 0 fully saturated rings. The molecule has 0 radical (unpaired) electrons. The molecule has 0 bridgehead atoms. The van der Waals surface area contributed by atoms with Gasteiger partial charge in [-0.25, -0.2) is 9.78 Å². The molecule has 23 heavy (non-hydrogen) atoms. The fraction of sp³-hybridized carbons (Fsp3) is 0.143. The Kier molecular flexibility index (Phi) is 5.41. The minimum atomic E-state index is -0.756. The summed E-state index contributed by atoms with van der Waals surface area (Å²) in [6.07, 6.45) is 1.38. The van der Waals surface area contributed by atoms with Gasteiger partial charge in [-0.1, -0.05) is 34.8 Å². The van der Waals surface area contributed by atoms with Gasteiger partial charge in [0.15, 0.2) is 5.69 Å². The highest BCUT2D eigenvalue weighted by atomic mass is 35.5. The second kappa shape index (κ2) is 7.12. The summed E-state index contributed by atoms with van der Waals surface area (Å²) in [5.74, 6) is -1.12. The number of rotatable bonds is 3. The number of nitrogens with zero attached hydrogens (tertiary/aromatic N) is 2. The minimum Gasteiger partial charge on any atom is -0.464 e. The number of aromatic nitrogens is 2. The molecule has 0 aliphatic carbocycles. The molecule has 120 valence electrons. The molecule has 2 aromatic heterocycles. The number of hydrogen-bond acceptors (Lipinski definition) is 5. The molecule has 2 rings (SSSR count). The molecule has 0 unspecified atom stereocenters. The lowest BCUT2D eigenvalue weighted by Gasteiger charge is -2.12. The number of anilines is 1. The van der Waals surface area contributed by atoms with E-state index in [4.69, 9.17) is 34.8 Å². The van der Waals surface area contributed by atoms with E-state index in [0.29, 0.717) is 5.02 Å². The summed E-state index contributed by atoms with van der Waals surface area (Å²) in [4.78, 5) is 31.4. The Balaban J connectivity index is 2.67. The molecule has 0 aromatic carbocycles. The second-order valence-electron chi connectivity index (χ2n) is 4.37. The molecule has 6 nitrogen and oxygen atoms in total. The van der Waals surface area contributed by atoms with E-state index in [0.717, 1.165) is 0 Å². The third-order valence-electron chi connectivity index (χ3n) is 2.70. The maximum absolute atomic E-state index is 11.8. The first-order chi connectivity index (χ1) is 10.8. The average molecular weight is 375 g/mol. The summed E-state index contributed by atoms with van der Waals surface area (Å²) < 4.78 is 4.64. The first-order valence-electron chi connectivity index (χ1n) is 6.21. The summed E-state index contributed by atoms with van der Waals surface area (Å²) in [6.45, 7) is 1.31. The summed E-state index contributed by atoms with van der Waals surface area (Å²) in [5, 5.41) is 3.06. The standard InChI is InChI=1S/C14H10Cl3N3O3/c1-6(21)19-9-4-10(12-8(16)3-7(15)5-18-12)20-13(11(9)17)14(22)23-2/h3-5H,1-2H3,(H,19,20,21). The van der Waals surface area contributed by atoms with Crippen LogP contribution in [0, 0.1) is 0 Å². The maximum atomic E-state index is 11.8. The molecule has 0 saturated carbocycles. The summed E-state index contributed by atoms with van der Waals surface area (Å²) >= 11 is 18.0. The molecule has 9 heteroatoms. The summed E-state index contributed by atoms with van der Waals surface area (Å²) in [6, 6.07) is 2.94. The lowest BCUT2D eigenvalue weighted by atomic mass is 10.2. The molecule has 0 saturated heterocycles. The van der Waals surface area contributed by atoms with Crippen LogP contribution in [0.1, 0.15) is 17.4 Å². The maximum Gasteiger partial charge on any atom is 0.358 e. The van der Waals surface area contributed by atoms with E-state index in [1.165, 1.54) is 32.4 Å². The number of methoxy groups -OCH3 is 1. The molecule has 1 amide bonds. The van der Waals surface area contributed by atoms with Gasteiger partial charge < -0.3 is 10.1 Å². The van der Waals surface area contributed by atoms with E-state index in [1.807, 2.05) is 0 Å². The lowest BCUT2D eigenvalue weighted by Crippen LogP contribution is -2.12. The van der Waals surface area contributed by atoms with Crippen molar-refractivity contribution in [1.29, 1.82) is 0 Å². The Labute approximate surface area is 146 Å².